The Hall–Kier alpha value is -2.26. The fourth-order valence-electron chi connectivity index (χ4n) is 2.32. The van der Waals surface area contributed by atoms with E-state index < -0.39 is 0 Å². The zero-order chi connectivity index (χ0) is 18.7. The molecule has 7 nitrogen and oxygen atoms in total. The minimum Gasteiger partial charge on any atom is -0.302 e. The summed E-state index contributed by atoms with van der Waals surface area (Å²) >= 11 is 2.87. The third-order valence-electron chi connectivity index (χ3n) is 3.88. The SMILES string of the molecule is CCn1c(S[C@@H](C)C(=O)Nc2nc(C)c(C)s2)nnc1-c1ccncc1. The Kier molecular flexibility index (Phi) is 5.67. The highest BCUT2D eigenvalue weighted by Crippen LogP contribution is 2.28. The summed E-state index contributed by atoms with van der Waals surface area (Å²) in [7, 11) is 0. The highest BCUT2D eigenvalue weighted by molar-refractivity contribution is 8.00. The van der Waals surface area contributed by atoms with Crippen LogP contribution in [-0.2, 0) is 11.3 Å². The third-order valence-corrected chi connectivity index (χ3v) is 5.95. The van der Waals surface area contributed by atoms with E-state index in [2.05, 4.69) is 25.5 Å². The van der Waals surface area contributed by atoms with Gasteiger partial charge in [0.05, 0.1) is 10.9 Å². The molecule has 0 fully saturated rings. The molecule has 136 valence electrons. The van der Waals surface area contributed by atoms with Gasteiger partial charge in [-0.05, 0) is 39.8 Å². The fourth-order valence-corrected chi connectivity index (χ4v) is 4.05. The van der Waals surface area contributed by atoms with E-state index in [1.54, 1.807) is 12.4 Å². The van der Waals surface area contributed by atoms with Gasteiger partial charge in [-0.2, -0.15) is 0 Å². The number of rotatable bonds is 6. The molecule has 0 spiro atoms. The van der Waals surface area contributed by atoms with Gasteiger partial charge in [-0.15, -0.1) is 21.5 Å². The van der Waals surface area contributed by atoms with Gasteiger partial charge in [0, 0.05) is 29.4 Å². The van der Waals surface area contributed by atoms with E-state index >= 15 is 0 Å². The molecule has 3 aromatic rings. The molecule has 3 rings (SSSR count). The Morgan fingerprint density at radius 3 is 2.65 bits per heavy atom. The maximum atomic E-state index is 12.5. The van der Waals surface area contributed by atoms with Crippen molar-refractivity contribution in [2.75, 3.05) is 5.32 Å². The lowest BCUT2D eigenvalue weighted by atomic mass is 10.2. The topological polar surface area (TPSA) is 85.6 Å². The van der Waals surface area contributed by atoms with Crippen LogP contribution in [-0.4, -0.2) is 35.9 Å². The monoisotopic (exact) mass is 388 g/mol. The average Bonchev–Trinajstić information content (AvgIpc) is 3.18. The quantitative estimate of drug-likeness (QED) is 0.650. The van der Waals surface area contributed by atoms with Gasteiger partial charge in [0.1, 0.15) is 0 Å². The predicted molar refractivity (Wildman–Crippen MR) is 104 cm³/mol. The molecular weight excluding hydrogens is 368 g/mol. The molecule has 1 N–H and O–H groups in total. The third kappa shape index (κ3) is 3.94. The Balaban J connectivity index is 1.73. The highest BCUT2D eigenvalue weighted by atomic mass is 32.2. The number of thiazole rings is 1. The van der Waals surface area contributed by atoms with Gasteiger partial charge in [0.25, 0.3) is 0 Å². The lowest BCUT2D eigenvalue weighted by molar-refractivity contribution is -0.115. The first-order valence-corrected chi connectivity index (χ1v) is 9.94. The van der Waals surface area contributed by atoms with Gasteiger partial charge in [0.15, 0.2) is 16.1 Å². The molecule has 1 atom stereocenters. The first kappa shape index (κ1) is 18.5. The molecule has 3 aromatic heterocycles. The van der Waals surface area contributed by atoms with E-state index in [9.17, 15) is 4.79 Å². The fraction of sp³-hybridized carbons (Fsp3) is 0.353. The largest absolute Gasteiger partial charge is 0.302 e. The van der Waals surface area contributed by atoms with E-state index in [1.165, 1.54) is 23.1 Å². The van der Waals surface area contributed by atoms with Crippen LogP contribution >= 0.6 is 23.1 Å². The zero-order valence-corrected chi connectivity index (χ0v) is 16.7. The minimum absolute atomic E-state index is 0.0973. The van der Waals surface area contributed by atoms with E-state index in [-0.39, 0.29) is 11.2 Å². The van der Waals surface area contributed by atoms with Crippen molar-refractivity contribution in [3.05, 3.63) is 35.1 Å². The van der Waals surface area contributed by atoms with Crippen molar-refractivity contribution < 1.29 is 4.79 Å². The van der Waals surface area contributed by atoms with Crippen LogP contribution in [0.15, 0.2) is 29.7 Å². The van der Waals surface area contributed by atoms with Crippen molar-refractivity contribution in [2.24, 2.45) is 0 Å². The molecule has 9 heteroatoms. The predicted octanol–water partition coefficient (Wildman–Crippen LogP) is 3.55. The Labute approximate surface area is 160 Å². The maximum absolute atomic E-state index is 12.5. The summed E-state index contributed by atoms with van der Waals surface area (Å²) in [5.41, 5.74) is 1.89. The van der Waals surface area contributed by atoms with E-state index in [1.807, 2.05) is 44.4 Å². The minimum atomic E-state index is -0.320. The normalized spacial score (nSPS) is 12.2. The summed E-state index contributed by atoms with van der Waals surface area (Å²) in [6.45, 7) is 8.53. The van der Waals surface area contributed by atoms with Crippen molar-refractivity contribution in [1.82, 2.24) is 24.7 Å². The summed E-state index contributed by atoms with van der Waals surface area (Å²) in [6.07, 6.45) is 3.45. The van der Waals surface area contributed by atoms with Gasteiger partial charge in [0.2, 0.25) is 5.91 Å². The average molecular weight is 389 g/mol. The van der Waals surface area contributed by atoms with Crippen LogP contribution < -0.4 is 5.32 Å². The van der Waals surface area contributed by atoms with Gasteiger partial charge in [-0.3, -0.25) is 9.78 Å². The van der Waals surface area contributed by atoms with Crippen molar-refractivity contribution in [3.63, 3.8) is 0 Å². The number of nitrogens with one attached hydrogen (secondary N) is 1. The standard InChI is InChI=1S/C17H20N6OS2/c1-5-23-14(13-6-8-18-9-7-13)21-22-17(23)26-12(4)15(24)20-16-19-10(2)11(3)25-16/h6-9,12H,5H2,1-4H3,(H,19,20,24)/t12-/m0/s1. The van der Waals surface area contributed by atoms with Gasteiger partial charge in [-0.25, -0.2) is 4.98 Å². The summed E-state index contributed by atoms with van der Waals surface area (Å²) < 4.78 is 2.00. The Morgan fingerprint density at radius 2 is 2.04 bits per heavy atom. The number of aryl methyl sites for hydroxylation is 2. The Bertz CT molecular complexity index is 886. The molecule has 0 aromatic carbocycles. The summed E-state index contributed by atoms with van der Waals surface area (Å²) in [6, 6.07) is 3.79. The van der Waals surface area contributed by atoms with Crippen LogP contribution in [0.5, 0.6) is 0 Å². The van der Waals surface area contributed by atoms with Crippen LogP contribution in [0.1, 0.15) is 24.4 Å². The molecule has 0 bridgehead atoms. The number of carbonyl (C=O) groups excluding carboxylic acids is 1. The number of thioether (sulfide) groups is 1. The van der Waals surface area contributed by atoms with Gasteiger partial charge in [-0.1, -0.05) is 11.8 Å². The molecule has 1 amide bonds. The highest BCUT2D eigenvalue weighted by Gasteiger charge is 2.21. The van der Waals surface area contributed by atoms with E-state index in [4.69, 9.17) is 0 Å². The zero-order valence-electron chi connectivity index (χ0n) is 15.1. The van der Waals surface area contributed by atoms with Crippen molar-refractivity contribution in [2.45, 2.75) is 44.6 Å². The second-order valence-corrected chi connectivity index (χ2v) is 8.21. The molecule has 0 saturated carbocycles. The van der Waals surface area contributed by atoms with Crippen LogP contribution in [0, 0.1) is 13.8 Å². The number of amides is 1. The maximum Gasteiger partial charge on any atom is 0.239 e. The number of nitrogens with zero attached hydrogens (tertiary/aromatic N) is 5. The van der Waals surface area contributed by atoms with Crippen LogP contribution in [0.25, 0.3) is 11.4 Å². The smallest absolute Gasteiger partial charge is 0.239 e. The summed E-state index contributed by atoms with van der Waals surface area (Å²) in [4.78, 5) is 22.0. The van der Waals surface area contributed by atoms with Crippen LogP contribution in [0.3, 0.4) is 0 Å². The molecular formula is C17H20N6OS2. The second kappa shape index (κ2) is 7.96. The molecule has 0 aliphatic heterocycles. The van der Waals surface area contributed by atoms with Crippen molar-refractivity contribution in [1.29, 1.82) is 0 Å². The van der Waals surface area contributed by atoms with Crippen molar-refractivity contribution >= 4 is 34.1 Å². The van der Waals surface area contributed by atoms with Crippen LogP contribution in [0.2, 0.25) is 0 Å². The number of carbonyl (C=O) groups is 1. The molecule has 26 heavy (non-hydrogen) atoms. The van der Waals surface area contributed by atoms with E-state index in [0.29, 0.717) is 16.8 Å². The van der Waals surface area contributed by atoms with Gasteiger partial charge >= 0.3 is 0 Å². The lowest BCUT2D eigenvalue weighted by Crippen LogP contribution is -2.22. The number of aromatic nitrogens is 5. The Morgan fingerprint density at radius 1 is 1.31 bits per heavy atom. The van der Waals surface area contributed by atoms with Crippen LogP contribution in [0.4, 0.5) is 5.13 Å². The molecule has 0 saturated heterocycles. The second-order valence-electron chi connectivity index (χ2n) is 5.70. The summed E-state index contributed by atoms with van der Waals surface area (Å²) in [5, 5.41) is 12.5. The first-order valence-electron chi connectivity index (χ1n) is 8.24. The number of pyridine rings is 1. The molecule has 3 heterocycles. The van der Waals surface area contributed by atoms with Gasteiger partial charge < -0.3 is 9.88 Å². The summed E-state index contributed by atoms with van der Waals surface area (Å²) in [5.74, 6) is 0.677. The molecule has 0 aliphatic rings. The van der Waals surface area contributed by atoms with E-state index in [0.717, 1.165) is 22.0 Å². The first-order chi connectivity index (χ1) is 12.5. The number of hydrogen-bond donors (Lipinski definition) is 1. The number of hydrogen-bond acceptors (Lipinski definition) is 7. The molecule has 0 unspecified atom stereocenters. The molecule has 0 aliphatic carbocycles. The number of anilines is 1. The lowest BCUT2D eigenvalue weighted by Gasteiger charge is -2.11. The van der Waals surface area contributed by atoms with Crippen molar-refractivity contribution in [3.8, 4) is 11.4 Å². The molecule has 0 radical (unpaired) electrons.